The van der Waals surface area contributed by atoms with Gasteiger partial charge in [-0.1, -0.05) is 97.9 Å². The molecule has 3 amide bonds. The second-order valence-corrected chi connectivity index (χ2v) is 30.0. The van der Waals surface area contributed by atoms with E-state index in [0.29, 0.717) is 57.7 Å². The Morgan fingerprint density at radius 2 is 1.52 bits per heavy atom. The number of methoxy groups -OCH3 is 1. The molecule has 4 heterocycles. The number of carboxylic acid groups (broad SMARTS) is 1. The number of aromatic nitrogens is 2. The molecule has 0 bridgehead atoms. The van der Waals surface area contributed by atoms with Crippen molar-refractivity contribution in [3.63, 3.8) is 0 Å². The standard InChI is InChI=1S/C63H89N7O10Si/c1-15-69-55-24-23-46(47-30-45(31-49(33-47)80-81(40(2)3,41(4)5)42(6)7)32-54(65-60(75)79-62(9,10)11)58(72)70-25-19-22-53(66-70)59(73)74)34-50(55)52(36-63(12,13)39-71)57(69)51-35-48(37-64-56(51)43(8)77-14)67-26-28-68(29-27-67)61(76)78-38-44-20-17-16-18-21-44/h16-18,20-21,23-24,30-31,33-35,37,40-43,53-54,66,71H,15,19,22,25-29,32,36,38-39H2,1-14H3,(H,65,75)(H,73,74)/t43-,53-,54-/m0/s1. The quantitative estimate of drug-likeness (QED) is 0.0507. The number of carboxylic acids is 1. The first-order valence-electron chi connectivity index (χ1n) is 28.9. The zero-order valence-electron chi connectivity index (χ0n) is 50.4. The highest BCUT2D eigenvalue weighted by Crippen LogP contribution is 2.46. The minimum absolute atomic E-state index is 0.0452. The molecule has 2 aliphatic heterocycles. The van der Waals surface area contributed by atoms with E-state index in [1.54, 1.807) is 32.8 Å². The summed E-state index contributed by atoms with van der Waals surface area (Å²) in [5.41, 5.74) is 11.3. The summed E-state index contributed by atoms with van der Waals surface area (Å²) in [5.74, 6) is -0.882. The predicted molar refractivity (Wildman–Crippen MR) is 321 cm³/mol. The van der Waals surface area contributed by atoms with E-state index >= 15 is 0 Å². The second-order valence-electron chi connectivity index (χ2n) is 24.7. The van der Waals surface area contributed by atoms with Crippen LogP contribution in [-0.2, 0) is 49.8 Å². The number of carbonyl (C=O) groups is 4. The number of hydrazine groups is 1. The number of pyridine rings is 1. The summed E-state index contributed by atoms with van der Waals surface area (Å²) in [6.45, 7) is 30.1. The third-order valence-corrected chi connectivity index (χ3v) is 22.1. The molecule has 0 unspecified atom stereocenters. The molecule has 18 heteroatoms. The van der Waals surface area contributed by atoms with Crippen LogP contribution in [-0.4, -0.2) is 126 Å². The van der Waals surface area contributed by atoms with Gasteiger partial charge in [-0.05, 0) is 134 Å². The van der Waals surface area contributed by atoms with Gasteiger partial charge in [0.2, 0.25) is 0 Å². The van der Waals surface area contributed by atoms with Crippen LogP contribution >= 0.6 is 0 Å². The number of anilines is 1. The molecule has 2 aliphatic rings. The number of alkyl carbamates (subject to hydrolysis) is 1. The normalized spacial score (nSPS) is 16.3. The average Bonchev–Trinajstić information content (AvgIpc) is 4.03. The summed E-state index contributed by atoms with van der Waals surface area (Å²) in [5, 5.41) is 26.1. The zero-order chi connectivity index (χ0) is 59.1. The lowest BCUT2D eigenvalue weighted by Crippen LogP contribution is -2.60. The van der Waals surface area contributed by atoms with Gasteiger partial charge in [-0.3, -0.25) is 19.6 Å². The van der Waals surface area contributed by atoms with E-state index in [1.165, 1.54) is 5.01 Å². The van der Waals surface area contributed by atoms with Gasteiger partial charge in [-0.2, -0.15) is 0 Å². The SMILES string of the molecule is CCn1c(-c2cc(N3CCN(C(=O)OCc4ccccc4)CC3)cnc2[C@H](C)OC)c(CC(C)(C)CO)c2cc(-c3cc(C[C@H](NC(=O)OC(C)(C)C)C(=O)N4CCC[C@@H](C(=O)O)N4)cc(O[Si](C(C)C)(C(C)C)C(C)C)c3)ccc21. The van der Waals surface area contributed by atoms with Crippen molar-refractivity contribution in [3.05, 3.63) is 101 Å². The van der Waals surface area contributed by atoms with Crippen LogP contribution in [0.4, 0.5) is 15.3 Å². The van der Waals surface area contributed by atoms with Gasteiger partial charge in [0.25, 0.3) is 14.2 Å². The highest BCUT2D eigenvalue weighted by molar-refractivity contribution is 6.78. The van der Waals surface area contributed by atoms with Crippen LogP contribution < -0.4 is 20.1 Å². The fourth-order valence-electron chi connectivity index (χ4n) is 11.9. The Morgan fingerprint density at radius 1 is 0.840 bits per heavy atom. The highest BCUT2D eigenvalue weighted by atomic mass is 28.4. The van der Waals surface area contributed by atoms with E-state index in [1.807, 2.05) is 55.6 Å². The van der Waals surface area contributed by atoms with Gasteiger partial charge < -0.3 is 48.5 Å². The third kappa shape index (κ3) is 14.6. The molecule has 0 saturated carbocycles. The van der Waals surface area contributed by atoms with E-state index in [-0.39, 0.29) is 55.0 Å². The maximum atomic E-state index is 14.6. The van der Waals surface area contributed by atoms with Gasteiger partial charge in [0, 0.05) is 75.9 Å². The number of rotatable bonds is 21. The number of piperazine rings is 1. The number of hydrogen-bond donors (Lipinski definition) is 4. The number of aryl methyl sites for hydroxylation is 1. The van der Waals surface area contributed by atoms with Gasteiger partial charge in [0.1, 0.15) is 30.0 Å². The molecule has 2 aromatic heterocycles. The van der Waals surface area contributed by atoms with Crippen LogP contribution in [0.3, 0.4) is 0 Å². The fourth-order valence-corrected chi connectivity index (χ4v) is 17.2. The Labute approximate surface area is 480 Å². The molecule has 7 rings (SSSR count). The molecule has 17 nitrogen and oxygen atoms in total. The third-order valence-electron chi connectivity index (χ3n) is 16.1. The number of fused-ring (bicyclic) bond motifs is 1. The number of aliphatic hydroxyl groups is 1. The number of benzene rings is 3. The first-order valence-corrected chi connectivity index (χ1v) is 31.1. The zero-order valence-corrected chi connectivity index (χ0v) is 51.4. The molecular weight excluding hydrogens is 1040 g/mol. The van der Waals surface area contributed by atoms with Gasteiger partial charge >= 0.3 is 18.2 Å². The first-order chi connectivity index (χ1) is 38.3. The molecule has 3 aromatic carbocycles. The molecule has 2 fully saturated rings. The molecule has 0 spiro atoms. The number of nitrogens with zero attached hydrogens (tertiary/aromatic N) is 5. The van der Waals surface area contributed by atoms with E-state index in [2.05, 4.69) is 113 Å². The van der Waals surface area contributed by atoms with Gasteiger partial charge in [-0.15, -0.1) is 0 Å². The number of aliphatic hydroxyl groups excluding tert-OH is 1. The maximum absolute atomic E-state index is 14.6. The van der Waals surface area contributed by atoms with Crippen molar-refractivity contribution in [2.75, 3.05) is 51.3 Å². The summed E-state index contributed by atoms with van der Waals surface area (Å²) >= 11 is 0. The topological polar surface area (TPSA) is 197 Å². The number of hydrogen-bond acceptors (Lipinski definition) is 12. The van der Waals surface area contributed by atoms with Crippen LogP contribution in [0.25, 0.3) is 33.3 Å². The second kappa shape index (κ2) is 26.2. The van der Waals surface area contributed by atoms with E-state index in [4.69, 9.17) is 23.6 Å². The van der Waals surface area contributed by atoms with Crippen molar-refractivity contribution in [2.24, 2.45) is 5.41 Å². The molecule has 81 heavy (non-hydrogen) atoms. The number of amides is 3. The summed E-state index contributed by atoms with van der Waals surface area (Å²) < 4.78 is 27.2. The van der Waals surface area contributed by atoms with Crippen LogP contribution in [0.1, 0.15) is 131 Å². The van der Waals surface area contributed by atoms with Crippen molar-refractivity contribution in [1.82, 2.24) is 30.2 Å². The maximum Gasteiger partial charge on any atom is 0.410 e. The molecular formula is C63H89N7O10Si. The lowest BCUT2D eigenvalue weighted by atomic mass is 9.84. The summed E-state index contributed by atoms with van der Waals surface area (Å²) in [7, 11) is -0.880. The molecule has 440 valence electrons. The van der Waals surface area contributed by atoms with Crippen LogP contribution in [0, 0.1) is 5.41 Å². The molecule has 0 radical (unpaired) electrons. The number of aliphatic carboxylic acids is 1. The molecule has 4 N–H and O–H groups in total. The Hall–Kier alpha value is -6.47. The molecule has 5 aromatic rings. The van der Waals surface area contributed by atoms with Crippen LogP contribution in [0.2, 0.25) is 16.6 Å². The lowest BCUT2D eigenvalue weighted by molar-refractivity contribution is -0.147. The van der Waals surface area contributed by atoms with Crippen molar-refractivity contribution >= 4 is 49.0 Å². The van der Waals surface area contributed by atoms with Crippen LogP contribution in [0.15, 0.2) is 79.0 Å². The summed E-state index contributed by atoms with van der Waals surface area (Å²) in [6, 6.07) is 22.4. The van der Waals surface area contributed by atoms with E-state index in [9.17, 15) is 29.4 Å². The molecule has 3 atom stereocenters. The van der Waals surface area contributed by atoms with Crippen molar-refractivity contribution in [3.8, 4) is 28.1 Å². The van der Waals surface area contributed by atoms with Crippen LogP contribution in [0.5, 0.6) is 5.75 Å². The Balaban J connectivity index is 1.36. The lowest BCUT2D eigenvalue weighted by Gasteiger charge is -2.42. The van der Waals surface area contributed by atoms with Gasteiger partial charge in [-0.25, -0.2) is 15.0 Å². The van der Waals surface area contributed by atoms with Gasteiger partial charge in [0.15, 0.2) is 0 Å². The minimum atomic E-state index is -2.56. The smallest absolute Gasteiger partial charge is 0.410 e. The Bertz CT molecular complexity index is 2980. The van der Waals surface area contributed by atoms with Crippen molar-refractivity contribution < 1.29 is 48.0 Å². The number of carbonyl (C=O) groups excluding carboxylic acids is 3. The van der Waals surface area contributed by atoms with Crippen molar-refractivity contribution in [1.29, 1.82) is 0 Å². The first kappa shape index (κ1) is 62.1. The summed E-state index contributed by atoms with van der Waals surface area (Å²) in [4.78, 5) is 62.8. The Kier molecular flexibility index (Phi) is 20.1. The number of nitrogens with one attached hydrogen (secondary N) is 2. The average molecular weight is 1130 g/mol. The Morgan fingerprint density at radius 3 is 2.12 bits per heavy atom. The molecule has 0 aliphatic carbocycles. The largest absolute Gasteiger partial charge is 0.543 e. The fraction of sp³-hybridized carbons (Fsp3) is 0.540. The van der Waals surface area contributed by atoms with Gasteiger partial charge in [0.05, 0.1) is 29.4 Å². The summed E-state index contributed by atoms with van der Waals surface area (Å²) in [6.07, 6.45) is 1.81. The predicted octanol–water partition coefficient (Wildman–Crippen LogP) is 11.7. The minimum Gasteiger partial charge on any atom is -0.543 e. The monoisotopic (exact) mass is 1130 g/mol. The van der Waals surface area contributed by atoms with E-state index in [0.717, 1.165) is 61.4 Å². The highest BCUT2D eigenvalue weighted by Gasteiger charge is 2.47. The van der Waals surface area contributed by atoms with Crippen molar-refractivity contribution in [2.45, 2.75) is 169 Å². The molecule has 2 saturated heterocycles. The van der Waals surface area contributed by atoms with E-state index < -0.39 is 49.4 Å². The number of ether oxygens (including phenoxy) is 3.